The van der Waals surface area contributed by atoms with Crippen LogP contribution in [0.5, 0.6) is 0 Å². The molecule has 0 aliphatic carbocycles. The standard InChI is InChI=1S/C23H24ClN5O3S/c1-17-14-21-28(16-18-6-10-25-11-7-18)22(30)15-23(29(21)26-17)8-12-27(13-9-23)33(31,32)20-4-2-19(24)3-5-20/h2-7,10-11,14H,8-9,12-13,15-16H2,1H3. The van der Waals surface area contributed by atoms with Crippen LogP contribution in [0.4, 0.5) is 5.82 Å². The highest BCUT2D eigenvalue weighted by molar-refractivity contribution is 7.89. The predicted molar refractivity (Wildman–Crippen MR) is 124 cm³/mol. The summed E-state index contributed by atoms with van der Waals surface area (Å²) < 4.78 is 29.7. The highest BCUT2D eigenvalue weighted by atomic mass is 35.5. The van der Waals surface area contributed by atoms with Crippen molar-refractivity contribution in [3.8, 4) is 0 Å². The number of anilines is 1. The molecule has 0 unspecified atom stereocenters. The topological polar surface area (TPSA) is 88.4 Å². The van der Waals surface area contributed by atoms with Gasteiger partial charge in [0.05, 0.1) is 29.1 Å². The third-order valence-electron chi connectivity index (χ3n) is 6.51. The van der Waals surface area contributed by atoms with Gasteiger partial charge < -0.3 is 0 Å². The average molecular weight is 486 g/mol. The molecule has 0 N–H and O–H groups in total. The fourth-order valence-electron chi connectivity index (χ4n) is 4.73. The lowest BCUT2D eigenvalue weighted by molar-refractivity contribution is -0.122. The van der Waals surface area contributed by atoms with Gasteiger partial charge in [-0.3, -0.25) is 14.7 Å². The zero-order valence-corrected chi connectivity index (χ0v) is 19.8. The molecular weight excluding hydrogens is 462 g/mol. The van der Waals surface area contributed by atoms with Gasteiger partial charge in [-0.1, -0.05) is 11.6 Å². The molecule has 2 aliphatic rings. The van der Waals surface area contributed by atoms with E-state index >= 15 is 0 Å². The Labute approximate surface area is 197 Å². The maximum Gasteiger partial charge on any atom is 0.243 e. The fourth-order valence-corrected chi connectivity index (χ4v) is 6.30. The molecule has 0 saturated carbocycles. The number of piperidine rings is 1. The highest BCUT2D eigenvalue weighted by Gasteiger charge is 2.47. The number of nitrogens with zero attached hydrogens (tertiary/aromatic N) is 5. The summed E-state index contributed by atoms with van der Waals surface area (Å²) in [5.74, 6) is 0.780. The van der Waals surface area contributed by atoms with E-state index in [-0.39, 0.29) is 10.8 Å². The molecule has 10 heteroatoms. The minimum absolute atomic E-state index is 0.0215. The summed E-state index contributed by atoms with van der Waals surface area (Å²) in [4.78, 5) is 19.3. The lowest BCUT2D eigenvalue weighted by Crippen LogP contribution is -2.54. The molecule has 0 bridgehead atoms. The van der Waals surface area contributed by atoms with Crippen molar-refractivity contribution < 1.29 is 13.2 Å². The molecule has 0 atom stereocenters. The smallest absolute Gasteiger partial charge is 0.243 e. The number of sulfonamides is 1. The average Bonchev–Trinajstić information content (AvgIpc) is 3.20. The van der Waals surface area contributed by atoms with Crippen molar-refractivity contribution in [2.45, 2.75) is 43.2 Å². The molecule has 8 nitrogen and oxygen atoms in total. The first-order valence-electron chi connectivity index (χ1n) is 10.8. The van der Waals surface area contributed by atoms with Crippen LogP contribution in [-0.4, -0.2) is 46.5 Å². The molecule has 1 fully saturated rings. The summed E-state index contributed by atoms with van der Waals surface area (Å²) in [7, 11) is -3.63. The van der Waals surface area contributed by atoms with Crippen LogP contribution in [0, 0.1) is 6.92 Å². The number of carbonyl (C=O) groups excluding carboxylic acids is 1. The molecule has 2 aromatic heterocycles. The van der Waals surface area contributed by atoms with E-state index in [1.54, 1.807) is 29.4 Å². The minimum Gasteiger partial charge on any atom is -0.292 e. The summed E-state index contributed by atoms with van der Waals surface area (Å²) in [6.07, 6.45) is 4.75. The van der Waals surface area contributed by atoms with Crippen molar-refractivity contribution in [1.82, 2.24) is 19.1 Å². The molecular formula is C23H24ClN5O3S. The molecule has 3 aromatic rings. The van der Waals surface area contributed by atoms with Crippen LogP contribution in [0.1, 0.15) is 30.5 Å². The molecule has 1 amide bonds. The maximum absolute atomic E-state index is 13.3. The van der Waals surface area contributed by atoms with Gasteiger partial charge in [0.25, 0.3) is 0 Å². The molecule has 1 saturated heterocycles. The van der Waals surface area contributed by atoms with Crippen LogP contribution in [0.3, 0.4) is 0 Å². The number of fused-ring (bicyclic) bond motifs is 2. The van der Waals surface area contributed by atoms with E-state index in [4.69, 9.17) is 16.7 Å². The first-order valence-corrected chi connectivity index (χ1v) is 12.6. The van der Waals surface area contributed by atoms with E-state index in [9.17, 15) is 13.2 Å². The lowest BCUT2D eigenvalue weighted by Gasteiger charge is -2.46. The number of pyridine rings is 1. The molecule has 33 heavy (non-hydrogen) atoms. The Morgan fingerprint density at radius 1 is 1.06 bits per heavy atom. The van der Waals surface area contributed by atoms with Gasteiger partial charge in [-0.15, -0.1) is 0 Å². The second-order valence-corrected chi connectivity index (χ2v) is 11.0. The lowest BCUT2D eigenvalue weighted by atomic mass is 9.83. The van der Waals surface area contributed by atoms with Crippen molar-refractivity contribution in [3.05, 3.63) is 71.1 Å². The Morgan fingerprint density at radius 3 is 2.39 bits per heavy atom. The largest absolute Gasteiger partial charge is 0.292 e. The normalized spacial score (nSPS) is 18.5. The van der Waals surface area contributed by atoms with E-state index in [1.807, 2.05) is 29.8 Å². The minimum atomic E-state index is -3.63. The summed E-state index contributed by atoms with van der Waals surface area (Å²) in [5, 5.41) is 5.23. The van der Waals surface area contributed by atoms with Gasteiger partial charge in [-0.2, -0.15) is 9.40 Å². The Hall–Kier alpha value is -2.75. The molecule has 1 aromatic carbocycles. The number of halogens is 1. The van der Waals surface area contributed by atoms with Crippen LogP contribution in [0.15, 0.2) is 59.8 Å². The third kappa shape index (κ3) is 3.94. The predicted octanol–water partition coefficient (Wildman–Crippen LogP) is 3.36. The van der Waals surface area contributed by atoms with Crippen molar-refractivity contribution in [2.24, 2.45) is 0 Å². The van der Waals surface area contributed by atoms with E-state index in [2.05, 4.69) is 4.98 Å². The van der Waals surface area contributed by atoms with Gasteiger partial charge >= 0.3 is 0 Å². The molecule has 4 heterocycles. The summed E-state index contributed by atoms with van der Waals surface area (Å²) >= 11 is 5.91. The monoisotopic (exact) mass is 485 g/mol. The maximum atomic E-state index is 13.3. The highest BCUT2D eigenvalue weighted by Crippen LogP contribution is 2.42. The molecule has 5 rings (SSSR count). The summed E-state index contributed by atoms with van der Waals surface area (Å²) in [6, 6.07) is 11.9. The van der Waals surface area contributed by atoms with E-state index in [0.717, 1.165) is 17.1 Å². The number of carbonyl (C=O) groups is 1. The van der Waals surface area contributed by atoms with Crippen LogP contribution < -0.4 is 4.90 Å². The van der Waals surface area contributed by atoms with Gasteiger partial charge in [0.15, 0.2) is 0 Å². The zero-order chi connectivity index (χ0) is 23.2. The van der Waals surface area contributed by atoms with Crippen molar-refractivity contribution in [3.63, 3.8) is 0 Å². The number of hydrogen-bond donors (Lipinski definition) is 0. The number of benzene rings is 1. The van der Waals surface area contributed by atoms with Crippen LogP contribution in [0.2, 0.25) is 5.02 Å². The van der Waals surface area contributed by atoms with Gasteiger partial charge in [-0.25, -0.2) is 13.1 Å². The molecule has 0 radical (unpaired) electrons. The molecule has 172 valence electrons. The Morgan fingerprint density at radius 2 is 1.73 bits per heavy atom. The zero-order valence-electron chi connectivity index (χ0n) is 18.2. The van der Waals surface area contributed by atoms with Crippen molar-refractivity contribution in [1.29, 1.82) is 0 Å². The second-order valence-electron chi connectivity index (χ2n) is 8.65. The van der Waals surface area contributed by atoms with Gasteiger partial charge in [0.2, 0.25) is 15.9 Å². The number of aryl methyl sites for hydroxylation is 1. The Balaban J connectivity index is 1.41. The number of amides is 1. The van der Waals surface area contributed by atoms with Crippen LogP contribution in [-0.2, 0) is 26.9 Å². The first kappa shape index (κ1) is 22.1. The number of hydrogen-bond acceptors (Lipinski definition) is 5. The summed E-state index contributed by atoms with van der Waals surface area (Å²) in [6.45, 7) is 3.00. The molecule has 1 spiro atoms. The second kappa shape index (κ2) is 8.23. The quantitative estimate of drug-likeness (QED) is 0.565. The number of rotatable bonds is 4. The van der Waals surface area contributed by atoms with Crippen LogP contribution >= 0.6 is 11.6 Å². The summed E-state index contributed by atoms with van der Waals surface area (Å²) in [5.41, 5.74) is 1.29. The molecule has 2 aliphatic heterocycles. The Kier molecular flexibility index (Phi) is 5.50. The van der Waals surface area contributed by atoms with Gasteiger partial charge in [0.1, 0.15) is 5.82 Å². The van der Waals surface area contributed by atoms with E-state index < -0.39 is 15.6 Å². The van der Waals surface area contributed by atoms with E-state index in [1.165, 1.54) is 16.4 Å². The fraction of sp³-hybridized carbons (Fsp3) is 0.348. The van der Waals surface area contributed by atoms with Gasteiger partial charge in [0, 0.05) is 36.6 Å². The SMILES string of the molecule is Cc1cc2n(n1)C1(CCN(S(=O)(=O)c3ccc(Cl)cc3)CC1)CC(=O)N2Cc1ccncc1. The van der Waals surface area contributed by atoms with Crippen molar-refractivity contribution >= 4 is 33.3 Å². The van der Waals surface area contributed by atoms with E-state index in [0.29, 0.717) is 43.9 Å². The Bertz CT molecular complexity index is 1280. The number of aromatic nitrogens is 3. The third-order valence-corrected chi connectivity index (χ3v) is 8.68. The van der Waals surface area contributed by atoms with Crippen LogP contribution in [0.25, 0.3) is 0 Å². The van der Waals surface area contributed by atoms with Crippen molar-refractivity contribution in [2.75, 3.05) is 18.0 Å². The van der Waals surface area contributed by atoms with Gasteiger partial charge in [-0.05, 0) is 61.7 Å². The first-order chi connectivity index (χ1) is 15.8.